The molecule has 1 aliphatic heterocycles. The van der Waals surface area contributed by atoms with E-state index in [9.17, 15) is 0 Å². The second-order valence-electron chi connectivity index (χ2n) is 7.51. The number of aryl methyl sites for hydroxylation is 4. The summed E-state index contributed by atoms with van der Waals surface area (Å²) in [7, 11) is 1.78. The maximum atomic E-state index is 5.35. The molecule has 2 aromatic rings. The van der Waals surface area contributed by atoms with Gasteiger partial charge in [0.25, 0.3) is 0 Å². The molecule has 0 N–H and O–H groups in total. The molecular weight excluding hydrogens is 320 g/mol. The van der Waals surface area contributed by atoms with Crippen LogP contribution in [0.3, 0.4) is 0 Å². The molecule has 1 fully saturated rings. The Morgan fingerprint density at radius 2 is 1.69 bits per heavy atom. The van der Waals surface area contributed by atoms with Crippen LogP contribution in [-0.2, 0) is 30.4 Å². The second-order valence-corrected chi connectivity index (χ2v) is 7.51. The van der Waals surface area contributed by atoms with Gasteiger partial charge in [0.05, 0.1) is 18.9 Å². The van der Waals surface area contributed by atoms with Crippen LogP contribution >= 0.6 is 0 Å². The number of ether oxygens (including phenoxy) is 1. The lowest BCUT2D eigenvalue weighted by atomic mass is 9.94. The molecule has 0 spiro atoms. The van der Waals surface area contributed by atoms with Crippen molar-refractivity contribution in [2.75, 3.05) is 20.3 Å². The molecule has 1 atom stereocenters. The number of nitrogens with zero attached hydrogens (tertiary/aromatic N) is 2. The summed E-state index contributed by atoms with van der Waals surface area (Å²) in [6.07, 6.45) is 8.77. The van der Waals surface area contributed by atoms with Gasteiger partial charge in [-0.25, -0.2) is 0 Å². The van der Waals surface area contributed by atoms with E-state index in [-0.39, 0.29) is 0 Å². The summed E-state index contributed by atoms with van der Waals surface area (Å²) in [5.41, 5.74) is 6.91. The molecular formula is C23H28N2O. The first kappa shape index (κ1) is 17.3. The van der Waals surface area contributed by atoms with Crippen molar-refractivity contribution in [3.05, 3.63) is 70.3 Å². The predicted octanol–water partition coefficient (Wildman–Crippen LogP) is 4.02. The van der Waals surface area contributed by atoms with Crippen LogP contribution in [-0.4, -0.2) is 37.5 Å². The maximum absolute atomic E-state index is 5.35. The fraction of sp³-hybridized carbons (Fsp3) is 0.435. The lowest BCUT2D eigenvalue weighted by Gasteiger charge is -2.20. The van der Waals surface area contributed by atoms with Gasteiger partial charge in [0.15, 0.2) is 0 Å². The number of benzene rings is 2. The molecule has 0 unspecified atom stereocenters. The van der Waals surface area contributed by atoms with E-state index in [1.54, 1.807) is 7.11 Å². The topological polar surface area (TPSA) is 24.8 Å². The van der Waals surface area contributed by atoms with Crippen LogP contribution in [0.25, 0.3) is 0 Å². The molecule has 1 saturated heterocycles. The fourth-order valence-electron chi connectivity index (χ4n) is 4.06. The molecule has 0 amide bonds. The fourth-order valence-corrected chi connectivity index (χ4v) is 4.06. The zero-order chi connectivity index (χ0) is 17.8. The number of rotatable bonds is 4. The molecule has 4 bridgehead atoms. The third-order valence-electron chi connectivity index (χ3n) is 5.67. The summed E-state index contributed by atoms with van der Waals surface area (Å²) in [6.45, 7) is 1.80. The van der Waals surface area contributed by atoms with Gasteiger partial charge in [-0.05, 0) is 72.4 Å². The van der Waals surface area contributed by atoms with Gasteiger partial charge in [-0.2, -0.15) is 5.10 Å². The van der Waals surface area contributed by atoms with Gasteiger partial charge in [-0.1, -0.05) is 36.4 Å². The molecule has 136 valence electrons. The summed E-state index contributed by atoms with van der Waals surface area (Å²) in [5, 5.41) is 7.04. The Bertz CT molecular complexity index is 766. The number of methoxy groups -OCH3 is 1. The molecule has 0 saturated carbocycles. The normalized spacial score (nSPS) is 19.9. The van der Waals surface area contributed by atoms with Crippen molar-refractivity contribution in [2.45, 2.75) is 44.6 Å². The Hall–Kier alpha value is -2.13. The Balaban J connectivity index is 1.57. The SMILES string of the molecule is COC[C@@H]1CCCN1/N=C/c1cc2ccc1CCc1ccc(cc1)CC2. The number of hydrogen-bond donors (Lipinski definition) is 0. The van der Waals surface area contributed by atoms with Crippen LogP contribution in [0, 0.1) is 0 Å². The van der Waals surface area contributed by atoms with Crippen LogP contribution in [0.15, 0.2) is 47.6 Å². The Morgan fingerprint density at radius 3 is 2.46 bits per heavy atom. The van der Waals surface area contributed by atoms with E-state index in [1.807, 2.05) is 0 Å². The second kappa shape index (κ2) is 8.05. The van der Waals surface area contributed by atoms with Crippen LogP contribution in [0.2, 0.25) is 0 Å². The molecule has 5 aliphatic rings. The van der Waals surface area contributed by atoms with Crippen molar-refractivity contribution in [3.63, 3.8) is 0 Å². The van der Waals surface area contributed by atoms with Gasteiger partial charge in [-0.15, -0.1) is 0 Å². The van der Waals surface area contributed by atoms with Crippen LogP contribution < -0.4 is 0 Å². The standard InChI is InChI=1S/C23H28N2O/c1-26-17-23-3-2-14-25(23)24-16-22-15-20-9-8-18-4-6-19(7-5-18)10-12-21(22)13-11-20/h4-7,11,13,15-16,23H,2-3,8-10,12,14,17H2,1H3/b24-16+/t23-/m0/s1. The smallest absolute Gasteiger partial charge is 0.0704 e. The zero-order valence-corrected chi connectivity index (χ0v) is 15.7. The Kier molecular flexibility index (Phi) is 5.35. The lowest BCUT2D eigenvalue weighted by Crippen LogP contribution is -2.28. The van der Waals surface area contributed by atoms with Gasteiger partial charge < -0.3 is 4.74 Å². The molecule has 2 aromatic carbocycles. The molecule has 4 aliphatic carbocycles. The highest BCUT2D eigenvalue weighted by Crippen LogP contribution is 2.20. The third kappa shape index (κ3) is 3.99. The summed E-state index contributed by atoms with van der Waals surface area (Å²) in [6, 6.07) is 16.5. The van der Waals surface area contributed by atoms with Crippen LogP contribution in [0.4, 0.5) is 0 Å². The molecule has 1 heterocycles. The van der Waals surface area contributed by atoms with Gasteiger partial charge in [0.2, 0.25) is 0 Å². The zero-order valence-electron chi connectivity index (χ0n) is 15.7. The quantitative estimate of drug-likeness (QED) is 0.780. The number of hydrogen-bond acceptors (Lipinski definition) is 3. The van der Waals surface area contributed by atoms with Gasteiger partial charge in [0, 0.05) is 13.7 Å². The highest BCUT2D eigenvalue weighted by atomic mass is 16.5. The van der Waals surface area contributed by atoms with Crippen molar-refractivity contribution in [3.8, 4) is 0 Å². The molecule has 0 aromatic heterocycles. The average Bonchev–Trinajstić information content (AvgIpc) is 3.10. The van der Waals surface area contributed by atoms with E-state index in [0.29, 0.717) is 6.04 Å². The van der Waals surface area contributed by atoms with Crippen LogP contribution in [0.1, 0.15) is 40.7 Å². The molecule has 26 heavy (non-hydrogen) atoms. The third-order valence-corrected chi connectivity index (χ3v) is 5.67. The van der Waals surface area contributed by atoms with E-state index >= 15 is 0 Å². The van der Waals surface area contributed by atoms with Crippen molar-refractivity contribution >= 4 is 6.21 Å². The Labute approximate surface area is 156 Å². The first-order valence-corrected chi connectivity index (χ1v) is 9.81. The average molecular weight is 348 g/mol. The highest BCUT2D eigenvalue weighted by Gasteiger charge is 2.22. The van der Waals surface area contributed by atoms with Gasteiger partial charge in [0.1, 0.15) is 0 Å². The van der Waals surface area contributed by atoms with Crippen molar-refractivity contribution in [1.82, 2.24) is 5.01 Å². The minimum absolute atomic E-state index is 0.423. The van der Waals surface area contributed by atoms with E-state index in [1.165, 1.54) is 40.7 Å². The van der Waals surface area contributed by atoms with E-state index in [4.69, 9.17) is 9.84 Å². The van der Waals surface area contributed by atoms with Crippen molar-refractivity contribution in [2.24, 2.45) is 5.10 Å². The minimum atomic E-state index is 0.423. The Morgan fingerprint density at radius 1 is 1.00 bits per heavy atom. The summed E-state index contributed by atoms with van der Waals surface area (Å²) in [4.78, 5) is 0. The summed E-state index contributed by atoms with van der Waals surface area (Å²) in [5.74, 6) is 0. The molecule has 3 nitrogen and oxygen atoms in total. The monoisotopic (exact) mass is 348 g/mol. The highest BCUT2D eigenvalue weighted by molar-refractivity contribution is 5.82. The largest absolute Gasteiger partial charge is 0.382 e. The molecule has 0 radical (unpaired) electrons. The van der Waals surface area contributed by atoms with Crippen LogP contribution in [0.5, 0.6) is 0 Å². The molecule has 7 rings (SSSR count). The van der Waals surface area contributed by atoms with E-state index < -0.39 is 0 Å². The first-order chi connectivity index (χ1) is 12.8. The summed E-state index contributed by atoms with van der Waals surface area (Å²) < 4.78 is 5.35. The van der Waals surface area contributed by atoms with Gasteiger partial charge >= 0.3 is 0 Å². The summed E-state index contributed by atoms with van der Waals surface area (Å²) >= 11 is 0. The van der Waals surface area contributed by atoms with E-state index in [0.717, 1.165) is 38.8 Å². The van der Waals surface area contributed by atoms with E-state index in [2.05, 4.69) is 53.7 Å². The van der Waals surface area contributed by atoms with Gasteiger partial charge in [-0.3, -0.25) is 5.01 Å². The maximum Gasteiger partial charge on any atom is 0.0704 e. The first-order valence-electron chi connectivity index (χ1n) is 9.81. The predicted molar refractivity (Wildman–Crippen MR) is 107 cm³/mol. The molecule has 3 heteroatoms. The van der Waals surface area contributed by atoms with Crippen molar-refractivity contribution < 1.29 is 4.74 Å². The van der Waals surface area contributed by atoms with Crippen molar-refractivity contribution in [1.29, 1.82) is 0 Å². The minimum Gasteiger partial charge on any atom is -0.382 e. The number of hydrazone groups is 1. The lowest BCUT2D eigenvalue weighted by molar-refractivity contribution is 0.118.